The fourth-order valence-electron chi connectivity index (χ4n) is 1.11. The van der Waals surface area contributed by atoms with Gasteiger partial charge in [-0.2, -0.15) is 0 Å². The third kappa shape index (κ3) is 3.28. The number of aldehydes is 1. The van der Waals surface area contributed by atoms with Crippen LogP contribution in [-0.2, 0) is 4.79 Å². The molecule has 0 saturated heterocycles. The smallest absolute Gasteiger partial charge is 0.229 e. The molecule has 1 aromatic carbocycles. The Kier molecular flexibility index (Phi) is 3.64. The van der Waals surface area contributed by atoms with Crippen molar-refractivity contribution < 1.29 is 9.59 Å². The van der Waals surface area contributed by atoms with Gasteiger partial charge >= 0.3 is 0 Å². The highest BCUT2D eigenvalue weighted by molar-refractivity contribution is 5.80. The van der Waals surface area contributed by atoms with E-state index in [1.807, 2.05) is 13.0 Å². The van der Waals surface area contributed by atoms with Crippen LogP contribution in [0.15, 0.2) is 18.2 Å². The maximum Gasteiger partial charge on any atom is 0.229 e. The zero-order chi connectivity index (χ0) is 11.3. The maximum absolute atomic E-state index is 10.7. The first kappa shape index (κ1) is 11.0. The zero-order valence-corrected chi connectivity index (χ0v) is 8.41. The van der Waals surface area contributed by atoms with E-state index in [1.54, 1.807) is 12.1 Å². The van der Waals surface area contributed by atoms with Crippen LogP contribution < -0.4 is 5.73 Å². The third-order valence-corrected chi connectivity index (χ3v) is 1.82. The number of primary amides is 1. The fraction of sp³-hybridized carbons (Fsp3) is 0.167. The molecule has 3 nitrogen and oxygen atoms in total. The first-order valence-corrected chi connectivity index (χ1v) is 4.46. The minimum Gasteiger partial charge on any atom is -0.369 e. The first-order valence-electron chi connectivity index (χ1n) is 4.46. The lowest BCUT2D eigenvalue weighted by atomic mass is 10.1. The van der Waals surface area contributed by atoms with Gasteiger partial charge in [0.2, 0.25) is 5.91 Å². The van der Waals surface area contributed by atoms with E-state index in [9.17, 15) is 9.59 Å². The van der Waals surface area contributed by atoms with Crippen LogP contribution in [0.25, 0.3) is 0 Å². The van der Waals surface area contributed by atoms with Gasteiger partial charge in [-0.3, -0.25) is 9.59 Å². The van der Waals surface area contributed by atoms with Gasteiger partial charge in [0.15, 0.2) is 6.29 Å². The molecule has 0 radical (unpaired) electrons. The topological polar surface area (TPSA) is 60.2 Å². The summed E-state index contributed by atoms with van der Waals surface area (Å²) in [6, 6.07) is 5.34. The average molecular weight is 201 g/mol. The summed E-state index contributed by atoms with van der Waals surface area (Å²) in [5.41, 5.74) is 7.12. The molecule has 0 aliphatic rings. The molecule has 0 unspecified atom stereocenters. The average Bonchev–Trinajstić information content (AvgIpc) is 2.17. The van der Waals surface area contributed by atoms with Gasteiger partial charge in [0.1, 0.15) is 0 Å². The Morgan fingerprint density at radius 3 is 2.87 bits per heavy atom. The van der Waals surface area contributed by atoms with E-state index in [1.165, 1.54) is 0 Å². The third-order valence-electron chi connectivity index (χ3n) is 1.82. The van der Waals surface area contributed by atoms with Gasteiger partial charge in [-0.25, -0.2) is 0 Å². The number of hydrogen-bond acceptors (Lipinski definition) is 2. The van der Waals surface area contributed by atoms with Crippen LogP contribution in [0.4, 0.5) is 0 Å². The number of amides is 1. The second-order valence-electron chi connectivity index (χ2n) is 3.15. The maximum atomic E-state index is 10.7. The Morgan fingerprint density at radius 1 is 1.53 bits per heavy atom. The molecule has 0 bridgehead atoms. The van der Waals surface area contributed by atoms with Gasteiger partial charge < -0.3 is 5.73 Å². The van der Waals surface area contributed by atoms with Crippen LogP contribution in [0, 0.1) is 18.8 Å². The summed E-state index contributed by atoms with van der Waals surface area (Å²) in [7, 11) is 0. The molecule has 0 heterocycles. The number of hydrogen-bond donors (Lipinski definition) is 1. The molecule has 2 N–H and O–H groups in total. The van der Waals surface area contributed by atoms with E-state index < -0.39 is 5.91 Å². The summed E-state index contributed by atoms with van der Waals surface area (Å²) < 4.78 is 0. The SMILES string of the molecule is Cc1ccc(C=O)c(C#CCC(N)=O)c1. The lowest BCUT2D eigenvalue weighted by molar-refractivity contribution is -0.117. The molecule has 0 aliphatic heterocycles. The van der Waals surface area contributed by atoms with Crippen molar-refractivity contribution in [3.05, 3.63) is 34.9 Å². The van der Waals surface area contributed by atoms with Crippen molar-refractivity contribution in [2.24, 2.45) is 5.73 Å². The van der Waals surface area contributed by atoms with Crippen molar-refractivity contribution >= 4 is 12.2 Å². The fourth-order valence-corrected chi connectivity index (χ4v) is 1.11. The summed E-state index contributed by atoms with van der Waals surface area (Å²) in [6.45, 7) is 1.91. The molecular formula is C12H11NO2. The molecule has 0 fully saturated rings. The van der Waals surface area contributed by atoms with Gasteiger partial charge in [0.25, 0.3) is 0 Å². The minimum absolute atomic E-state index is 0.00619. The normalized spacial score (nSPS) is 8.87. The number of carbonyl (C=O) groups excluding carboxylic acids is 2. The van der Waals surface area contributed by atoms with Crippen molar-refractivity contribution in [1.82, 2.24) is 0 Å². The van der Waals surface area contributed by atoms with Crippen LogP contribution in [-0.4, -0.2) is 12.2 Å². The van der Waals surface area contributed by atoms with E-state index in [4.69, 9.17) is 5.73 Å². The van der Waals surface area contributed by atoms with E-state index in [0.717, 1.165) is 11.8 Å². The number of carbonyl (C=O) groups is 2. The Bertz CT molecular complexity index is 452. The highest BCUT2D eigenvalue weighted by Crippen LogP contribution is 2.08. The number of nitrogens with two attached hydrogens (primary N) is 1. The summed E-state index contributed by atoms with van der Waals surface area (Å²) in [5, 5.41) is 0. The van der Waals surface area contributed by atoms with Crippen molar-refractivity contribution in [2.75, 3.05) is 0 Å². The minimum atomic E-state index is -0.470. The largest absolute Gasteiger partial charge is 0.369 e. The highest BCUT2D eigenvalue weighted by Gasteiger charge is 1.98. The number of rotatable bonds is 2. The number of benzene rings is 1. The second-order valence-corrected chi connectivity index (χ2v) is 3.15. The van der Waals surface area contributed by atoms with E-state index in [0.29, 0.717) is 11.1 Å². The summed E-state index contributed by atoms with van der Waals surface area (Å²) in [4.78, 5) is 21.1. The Balaban J connectivity index is 2.99. The van der Waals surface area contributed by atoms with E-state index in [-0.39, 0.29) is 6.42 Å². The van der Waals surface area contributed by atoms with Crippen LogP contribution in [0.1, 0.15) is 27.9 Å². The summed E-state index contributed by atoms with van der Waals surface area (Å²) >= 11 is 0. The number of aryl methyl sites for hydroxylation is 1. The van der Waals surface area contributed by atoms with Crippen molar-refractivity contribution in [3.8, 4) is 11.8 Å². The molecule has 15 heavy (non-hydrogen) atoms. The lowest BCUT2D eigenvalue weighted by Gasteiger charge is -1.97. The van der Waals surface area contributed by atoms with E-state index in [2.05, 4.69) is 11.8 Å². The zero-order valence-electron chi connectivity index (χ0n) is 8.41. The van der Waals surface area contributed by atoms with Gasteiger partial charge in [-0.15, -0.1) is 0 Å². The predicted molar refractivity (Wildman–Crippen MR) is 57.3 cm³/mol. The van der Waals surface area contributed by atoms with Gasteiger partial charge in [-0.1, -0.05) is 24.0 Å². The van der Waals surface area contributed by atoms with Gasteiger partial charge in [0.05, 0.1) is 6.42 Å². The Hall–Kier alpha value is -2.08. The van der Waals surface area contributed by atoms with Crippen LogP contribution in [0.3, 0.4) is 0 Å². The Morgan fingerprint density at radius 2 is 2.27 bits per heavy atom. The van der Waals surface area contributed by atoms with Crippen LogP contribution in [0.5, 0.6) is 0 Å². The molecule has 0 aromatic heterocycles. The first-order chi connectivity index (χ1) is 7.13. The van der Waals surface area contributed by atoms with E-state index >= 15 is 0 Å². The van der Waals surface area contributed by atoms with Gasteiger partial charge in [-0.05, 0) is 18.6 Å². The predicted octanol–water partition coefficient (Wildman–Crippen LogP) is 1.03. The Labute approximate surface area is 88.3 Å². The molecule has 1 aromatic rings. The molecule has 0 atom stereocenters. The molecule has 1 rings (SSSR count). The summed E-state index contributed by atoms with van der Waals surface area (Å²) in [6.07, 6.45) is 0.750. The summed E-state index contributed by atoms with van der Waals surface area (Å²) in [5.74, 6) is 4.90. The molecule has 0 saturated carbocycles. The molecular weight excluding hydrogens is 190 g/mol. The molecule has 0 spiro atoms. The van der Waals surface area contributed by atoms with Crippen LogP contribution in [0.2, 0.25) is 0 Å². The molecule has 3 heteroatoms. The van der Waals surface area contributed by atoms with Crippen molar-refractivity contribution in [3.63, 3.8) is 0 Å². The molecule has 1 amide bonds. The molecule has 76 valence electrons. The van der Waals surface area contributed by atoms with Crippen molar-refractivity contribution in [1.29, 1.82) is 0 Å². The quantitative estimate of drug-likeness (QED) is 0.574. The second kappa shape index (κ2) is 4.97. The highest BCUT2D eigenvalue weighted by atomic mass is 16.1. The molecule has 0 aliphatic carbocycles. The lowest BCUT2D eigenvalue weighted by Crippen LogP contribution is -2.08. The standard InChI is InChI=1S/C12H11NO2/c1-9-5-6-11(8-14)10(7-9)3-2-4-12(13)15/h5-8H,4H2,1H3,(H2,13,15). The van der Waals surface area contributed by atoms with Crippen LogP contribution >= 0.6 is 0 Å². The van der Waals surface area contributed by atoms with Gasteiger partial charge in [0, 0.05) is 11.1 Å². The van der Waals surface area contributed by atoms with Crippen molar-refractivity contribution in [2.45, 2.75) is 13.3 Å². The monoisotopic (exact) mass is 201 g/mol.